The fraction of sp³-hybridized carbons (Fsp3) is 0.125. The minimum Gasteiger partial charge on any atom is -0.292 e. The molecule has 0 aliphatic heterocycles. The Kier molecular flexibility index (Phi) is 3.13. The first-order chi connectivity index (χ1) is 9.22. The van der Waals surface area contributed by atoms with Gasteiger partial charge in [-0.2, -0.15) is 0 Å². The molecular formula is C16H13NOS. The molecule has 1 aromatic heterocycles. The topological polar surface area (TPSA) is 30.0 Å². The van der Waals surface area contributed by atoms with Gasteiger partial charge in [-0.05, 0) is 23.3 Å². The maximum atomic E-state index is 12.1. The maximum Gasteiger partial charge on any atom is 0.186 e. The highest BCUT2D eigenvalue weighted by Crippen LogP contribution is 2.17. The molecule has 0 atom stereocenters. The van der Waals surface area contributed by atoms with Crippen LogP contribution in [-0.4, -0.2) is 10.8 Å². The molecule has 0 unspecified atom stereocenters. The van der Waals surface area contributed by atoms with Crippen molar-refractivity contribution in [1.29, 1.82) is 0 Å². The number of aryl methyl sites for hydroxylation is 1. The quantitative estimate of drug-likeness (QED) is 0.671. The lowest BCUT2D eigenvalue weighted by Crippen LogP contribution is -2.03. The highest BCUT2D eigenvalue weighted by atomic mass is 32.1. The summed E-state index contributed by atoms with van der Waals surface area (Å²) in [4.78, 5) is 16.3. The Balaban J connectivity index is 1.87. The SMILES string of the molecule is Cc1nc(C(=O)Cc2ccc3ccccc3c2)cs1. The number of aromatic nitrogens is 1. The smallest absolute Gasteiger partial charge is 0.186 e. The summed E-state index contributed by atoms with van der Waals surface area (Å²) in [6.45, 7) is 1.91. The molecule has 0 bridgehead atoms. The number of carbonyl (C=O) groups is 1. The van der Waals surface area contributed by atoms with Crippen molar-refractivity contribution in [2.24, 2.45) is 0 Å². The van der Waals surface area contributed by atoms with Crippen molar-refractivity contribution >= 4 is 27.9 Å². The third-order valence-corrected chi connectivity index (χ3v) is 3.86. The molecule has 0 spiro atoms. The van der Waals surface area contributed by atoms with Crippen LogP contribution in [0.25, 0.3) is 10.8 Å². The van der Waals surface area contributed by atoms with Gasteiger partial charge in [0.25, 0.3) is 0 Å². The molecule has 3 heteroatoms. The zero-order valence-corrected chi connectivity index (χ0v) is 11.4. The van der Waals surface area contributed by atoms with E-state index in [-0.39, 0.29) is 5.78 Å². The van der Waals surface area contributed by atoms with Gasteiger partial charge in [0.1, 0.15) is 5.69 Å². The molecule has 2 aromatic carbocycles. The lowest BCUT2D eigenvalue weighted by Gasteiger charge is -2.02. The first-order valence-corrected chi connectivity index (χ1v) is 7.03. The molecule has 0 saturated heterocycles. The first kappa shape index (κ1) is 12.1. The van der Waals surface area contributed by atoms with E-state index in [0.29, 0.717) is 12.1 Å². The van der Waals surface area contributed by atoms with E-state index >= 15 is 0 Å². The highest BCUT2D eigenvalue weighted by molar-refractivity contribution is 7.09. The van der Waals surface area contributed by atoms with E-state index in [1.165, 1.54) is 22.1 Å². The Morgan fingerprint density at radius 3 is 2.68 bits per heavy atom. The molecule has 0 aliphatic rings. The van der Waals surface area contributed by atoms with Crippen LogP contribution in [0.4, 0.5) is 0 Å². The fourth-order valence-electron chi connectivity index (χ4n) is 2.12. The number of carbonyl (C=O) groups excluding carboxylic acids is 1. The lowest BCUT2D eigenvalue weighted by atomic mass is 10.0. The normalized spacial score (nSPS) is 10.8. The number of nitrogens with zero attached hydrogens (tertiary/aromatic N) is 1. The average molecular weight is 267 g/mol. The largest absolute Gasteiger partial charge is 0.292 e. The van der Waals surface area contributed by atoms with Crippen molar-refractivity contribution < 1.29 is 4.79 Å². The number of hydrogen-bond donors (Lipinski definition) is 0. The molecule has 0 amide bonds. The molecule has 2 nitrogen and oxygen atoms in total. The molecule has 0 N–H and O–H groups in total. The monoisotopic (exact) mass is 267 g/mol. The van der Waals surface area contributed by atoms with Gasteiger partial charge in [-0.25, -0.2) is 4.98 Å². The summed E-state index contributed by atoms with van der Waals surface area (Å²) in [5.41, 5.74) is 1.62. The number of rotatable bonds is 3. The summed E-state index contributed by atoms with van der Waals surface area (Å²) in [6.07, 6.45) is 0.411. The van der Waals surface area contributed by atoms with Crippen LogP contribution >= 0.6 is 11.3 Å². The van der Waals surface area contributed by atoms with Gasteiger partial charge in [0.2, 0.25) is 0 Å². The van der Waals surface area contributed by atoms with Crippen LogP contribution in [0.3, 0.4) is 0 Å². The third kappa shape index (κ3) is 2.56. The van der Waals surface area contributed by atoms with Crippen molar-refractivity contribution in [1.82, 2.24) is 4.98 Å². The lowest BCUT2D eigenvalue weighted by molar-refractivity contribution is 0.0989. The van der Waals surface area contributed by atoms with E-state index in [4.69, 9.17) is 0 Å². The Morgan fingerprint density at radius 2 is 1.95 bits per heavy atom. The minimum atomic E-state index is 0.0830. The number of Topliss-reactive ketones (excluding diaryl/α,β-unsaturated/α-hetero) is 1. The molecule has 0 radical (unpaired) electrons. The van der Waals surface area contributed by atoms with Crippen LogP contribution in [0.15, 0.2) is 47.8 Å². The predicted octanol–water partition coefficient (Wildman–Crippen LogP) is 4.03. The van der Waals surface area contributed by atoms with Crippen LogP contribution in [0.1, 0.15) is 21.1 Å². The number of thiazole rings is 1. The third-order valence-electron chi connectivity index (χ3n) is 3.08. The second-order valence-electron chi connectivity index (χ2n) is 4.53. The fourth-order valence-corrected chi connectivity index (χ4v) is 2.73. The number of ketones is 1. The summed E-state index contributed by atoms with van der Waals surface area (Å²) in [5.74, 6) is 0.0830. The zero-order valence-electron chi connectivity index (χ0n) is 10.6. The van der Waals surface area contributed by atoms with Gasteiger partial charge in [-0.1, -0.05) is 42.5 Å². The molecule has 1 heterocycles. The maximum absolute atomic E-state index is 12.1. The summed E-state index contributed by atoms with van der Waals surface area (Å²) < 4.78 is 0. The Hall–Kier alpha value is -2.00. The number of fused-ring (bicyclic) bond motifs is 1. The first-order valence-electron chi connectivity index (χ1n) is 6.15. The summed E-state index contributed by atoms with van der Waals surface area (Å²) in [5, 5.41) is 5.13. The number of benzene rings is 2. The second kappa shape index (κ2) is 4.94. The van der Waals surface area contributed by atoms with Crippen LogP contribution in [0, 0.1) is 6.92 Å². The van der Waals surface area contributed by atoms with Gasteiger partial charge in [0.15, 0.2) is 5.78 Å². The van der Waals surface area contributed by atoms with Gasteiger partial charge in [0.05, 0.1) is 5.01 Å². The predicted molar refractivity (Wildman–Crippen MR) is 78.8 cm³/mol. The van der Waals surface area contributed by atoms with E-state index < -0.39 is 0 Å². The van der Waals surface area contributed by atoms with Gasteiger partial charge >= 0.3 is 0 Å². The zero-order chi connectivity index (χ0) is 13.2. The van der Waals surface area contributed by atoms with Crippen LogP contribution < -0.4 is 0 Å². The van der Waals surface area contributed by atoms with E-state index in [1.54, 1.807) is 0 Å². The summed E-state index contributed by atoms with van der Waals surface area (Å²) in [7, 11) is 0. The second-order valence-corrected chi connectivity index (χ2v) is 5.60. The Bertz CT molecular complexity index is 745. The van der Waals surface area contributed by atoms with Crippen LogP contribution in [-0.2, 0) is 6.42 Å². The van der Waals surface area contributed by atoms with E-state index in [9.17, 15) is 4.79 Å². The van der Waals surface area contributed by atoms with E-state index in [2.05, 4.69) is 29.2 Å². The van der Waals surface area contributed by atoms with Crippen molar-refractivity contribution in [2.75, 3.05) is 0 Å². The van der Waals surface area contributed by atoms with Gasteiger partial charge < -0.3 is 0 Å². The Labute approximate surface area is 115 Å². The average Bonchev–Trinajstić information content (AvgIpc) is 2.85. The van der Waals surface area contributed by atoms with E-state index in [1.807, 2.05) is 30.5 Å². The van der Waals surface area contributed by atoms with Crippen molar-refractivity contribution in [3.63, 3.8) is 0 Å². The molecule has 0 fully saturated rings. The van der Waals surface area contributed by atoms with Crippen LogP contribution in [0.2, 0.25) is 0 Å². The van der Waals surface area contributed by atoms with Gasteiger partial charge in [-0.15, -0.1) is 11.3 Å². The minimum absolute atomic E-state index is 0.0830. The molecule has 19 heavy (non-hydrogen) atoms. The van der Waals surface area contributed by atoms with Gasteiger partial charge in [-0.3, -0.25) is 4.79 Å². The molecule has 94 valence electrons. The van der Waals surface area contributed by atoms with Gasteiger partial charge in [0, 0.05) is 11.8 Å². The number of hydrogen-bond acceptors (Lipinski definition) is 3. The van der Waals surface area contributed by atoms with E-state index in [0.717, 1.165) is 10.6 Å². The highest BCUT2D eigenvalue weighted by Gasteiger charge is 2.10. The molecule has 0 saturated carbocycles. The summed E-state index contributed by atoms with van der Waals surface area (Å²) >= 11 is 1.51. The molecule has 3 rings (SSSR count). The molecule has 0 aliphatic carbocycles. The van der Waals surface area contributed by atoms with Crippen molar-refractivity contribution in [3.8, 4) is 0 Å². The molecule has 3 aromatic rings. The summed E-state index contributed by atoms with van der Waals surface area (Å²) in [6, 6.07) is 14.3. The molecular weight excluding hydrogens is 254 g/mol. The van der Waals surface area contributed by atoms with Crippen molar-refractivity contribution in [3.05, 3.63) is 64.1 Å². The Morgan fingerprint density at radius 1 is 1.16 bits per heavy atom. The van der Waals surface area contributed by atoms with Crippen molar-refractivity contribution in [2.45, 2.75) is 13.3 Å². The van der Waals surface area contributed by atoms with Crippen LogP contribution in [0.5, 0.6) is 0 Å². The standard InChI is InChI=1S/C16H13NOS/c1-11-17-15(10-19-11)16(18)9-12-6-7-13-4-2-3-5-14(13)8-12/h2-8,10H,9H2,1H3.